The Morgan fingerprint density at radius 3 is 2.40 bits per heavy atom. The van der Waals surface area contributed by atoms with Crippen molar-refractivity contribution in [2.24, 2.45) is 0 Å². The molecule has 20 heavy (non-hydrogen) atoms. The third-order valence-electron chi connectivity index (χ3n) is 3.65. The van der Waals surface area contributed by atoms with Crippen molar-refractivity contribution in [3.63, 3.8) is 0 Å². The minimum absolute atomic E-state index is 0.0318. The number of anilines is 2. The molecule has 0 radical (unpaired) electrons. The number of aryl methyl sites for hydroxylation is 1. The van der Waals surface area contributed by atoms with E-state index in [9.17, 15) is 10.1 Å². The van der Waals surface area contributed by atoms with E-state index in [0.717, 1.165) is 6.42 Å². The molecule has 112 valence electrons. The number of hydrogen-bond donors (Lipinski definition) is 1. The number of nitrogens with zero attached hydrogens (tertiary/aromatic N) is 4. The summed E-state index contributed by atoms with van der Waals surface area (Å²) in [5, 5.41) is 14.3. The summed E-state index contributed by atoms with van der Waals surface area (Å²) < 4.78 is 0. The van der Waals surface area contributed by atoms with E-state index in [2.05, 4.69) is 15.3 Å². The van der Waals surface area contributed by atoms with E-state index in [0.29, 0.717) is 24.0 Å². The first-order chi connectivity index (χ1) is 9.24. The van der Waals surface area contributed by atoms with Gasteiger partial charge in [-0.2, -0.15) is 4.98 Å². The monoisotopic (exact) mass is 281 g/mol. The topological polar surface area (TPSA) is 84.2 Å². The molecule has 0 unspecified atom stereocenters. The minimum Gasteiger partial charge on any atom is -0.354 e. The highest BCUT2D eigenvalue weighted by Gasteiger charge is 2.31. The van der Waals surface area contributed by atoms with Gasteiger partial charge in [0.25, 0.3) is 0 Å². The fraction of sp³-hybridized carbons (Fsp3) is 0.692. The Morgan fingerprint density at radius 2 is 1.95 bits per heavy atom. The SMILES string of the molecule is CCNc1nc(C)c([N+](=O)[O-])c(N(C)C(C)(C)CC)n1. The summed E-state index contributed by atoms with van der Waals surface area (Å²) in [4.78, 5) is 21.2. The van der Waals surface area contributed by atoms with Gasteiger partial charge >= 0.3 is 5.69 Å². The van der Waals surface area contributed by atoms with Gasteiger partial charge in [0.2, 0.25) is 11.8 Å². The third-order valence-corrected chi connectivity index (χ3v) is 3.65. The zero-order chi connectivity index (χ0) is 15.5. The first-order valence-electron chi connectivity index (χ1n) is 6.75. The molecule has 0 aromatic carbocycles. The molecule has 0 atom stereocenters. The number of nitro groups is 1. The molecule has 1 heterocycles. The lowest BCUT2D eigenvalue weighted by molar-refractivity contribution is -0.385. The molecule has 0 spiro atoms. The van der Waals surface area contributed by atoms with Gasteiger partial charge in [0.05, 0.1) is 4.92 Å². The molecule has 0 bridgehead atoms. The first-order valence-corrected chi connectivity index (χ1v) is 6.75. The molecule has 7 heteroatoms. The van der Waals surface area contributed by atoms with Crippen LogP contribution in [0.25, 0.3) is 0 Å². The highest BCUT2D eigenvalue weighted by molar-refractivity contribution is 5.63. The molecule has 7 nitrogen and oxygen atoms in total. The standard InChI is InChI=1S/C13H23N5O2/c1-7-13(4,5)17(6)11-10(18(19)20)9(3)15-12(16-11)14-8-2/h7-8H2,1-6H3,(H,14,15,16). The van der Waals surface area contributed by atoms with Crippen LogP contribution in [0.2, 0.25) is 0 Å². The minimum atomic E-state index is -0.414. The number of hydrogen-bond acceptors (Lipinski definition) is 6. The second kappa shape index (κ2) is 6.02. The Balaban J connectivity index is 3.44. The largest absolute Gasteiger partial charge is 0.354 e. The van der Waals surface area contributed by atoms with Gasteiger partial charge in [-0.25, -0.2) is 4.98 Å². The van der Waals surface area contributed by atoms with E-state index in [1.165, 1.54) is 0 Å². The zero-order valence-corrected chi connectivity index (χ0v) is 13.0. The lowest BCUT2D eigenvalue weighted by Gasteiger charge is -2.35. The summed E-state index contributed by atoms with van der Waals surface area (Å²) in [6.45, 7) is 10.3. The van der Waals surface area contributed by atoms with Crippen LogP contribution >= 0.6 is 0 Å². The van der Waals surface area contributed by atoms with Crippen molar-refractivity contribution < 1.29 is 4.92 Å². The van der Waals surface area contributed by atoms with Crippen molar-refractivity contribution in [1.29, 1.82) is 0 Å². The van der Waals surface area contributed by atoms with Gasteiger partial charge in [0, 0.05) is 19.1 Å². The Kier molecular flexibility index (Phi) is 4.86. The Bertz CT molecular complexity index is 502. The highest BCUT2D eigenvalue weighted by atomic mass is 16.6. The molecule has 0 saturated carbocycles. The van der Waals surface area contributed by atoms with E-state index in [1.807, 2.05) is 39.6 Å². The summed E-state index contributed by atoms with van der Waals surface area (Å²) >= 11 is 0. The summed E-state index contributed by atoms with van der Waals surface area (Å²) in [6.07, 6.45) is 0.847. The predicted octanol–water partition coefficient (Wildman–Crippen LogP) is 2.75. The van der Waals surface area contributed by atoms with Crippen molar-refractivity contribution in [2.45, 2.75) is 46.6 Å². The lowest BCUT2D eigenvalue weighted by Crippen LogP contribution is -2.41. The van der Waals surface area contributed by atoms with Gasteiger partial charge in [-0.1, -0.05) is 6.92 Å². The molecule has 0 fully saturated rings. The summed E-state index contributed by atoms with van der Waals surface area (Å²) in [6, 6.07) is 0. The van der Waals surface area contributed by atoms with Crippen molar-refractivity contribution in [3.8, 4) is 0 Å². The Hall–Kier alpha value is -1.92. The molecule has 1 N–H and O–H groups in total. The predicted molar refractivity (Wildman–Crippen MR) is 80.4 cm³/mol. The third kappa shape index (κ3) is 3.15. The number of rotatable bonds is 6. The van der Waals surface area contributed by atoms with E-state index >= 15 is 0 Å². The smallest absolute Gasteiger partial charge is 0.332 e. The summed E-state index contributed by atoms with van der Waals surface area (Å²) in [7, 11) is 1.83. The van der Waals surface area contributed by atoms with Crippen LogP contribution in [0.15, 0.2) is 0 Å². The summed E-state index contributed by atoms with van der Waals surface area (Å²) in [5.74, 6) is 0.773. The maximum absolute atomic E-state index is 11.3. The number of aromatic nitrogens is 2. The van der Waals surface area contributed by atoms with Crippen molar-refractivity contribution in [2.75, 3.05) is 23.8 Å². The number of nitrogens with one attached hydrogen (secondary N) is 1. The highest BCUT2D eigenvalue weighted by Crippen LogP contribution is 2.33. The molecule has 1 aromatic rings. The maximum atomic E-state index is 11.3. The summed E-state index contributed by atoms with van der Waals surface area (Å²) in [5.41, 5.74) is 0.111. The first kappa shape index (κ1) is 16.1. The zero-order valence-electron chi connectivity index (χ0n) is 13.0. The van der Waals surface area contributed by atoms with Gasteiger partial charge in [-0.3, -0.25) is 10.1 Å². The van der Waals surface area contributed by atoms with E-state index in [-0.39, 0.29) is 11.2 Å². The molecule has 0 aliphatic carbocycles. The van der Waals surface area contributed by atoms with Crippen LogP contribution in [0, 0.1) is 17.0 Å². The quantitative estimate of drug-likeness (QED) is 0.637. The van der Waals surface area contributed by atoms with E-state index in [4.69, 9.17) is 0 Å². The maximum Gasteiger partial charge on any atom is 0.332 e. The Morgan fingerprint density at radius 1 is 1.35 bits per heavy atom. The van der Waals surface area contributed by atoms with Gasteiger partial charge in [-0.05, 0) is 34.1 Å². The van der Waals surface area contributed by atoms with Crippen LogP contribution in [0.1, 0.15) is 39.8 Å². The van der Waals surface area contributed by atoms with Crippen molar-refractivity contribution >= 4 is 17.5 Å². The van der Waals surface area contributed by atoms with Gasteiger partial charge in [0.1, 0.15) is 5.69 Å². The lowest BCUT2D eigenvalue weighted by atomic mass is 10.00. The molecule has 0 aliphatic heterocycles. The normalized spacial score (nSPS) is 11.3. The van der Waals surface area contributed by atoms with Crippen LogP contribution in [-0.4, -0.2) is 34.0 Å². The fourth-order valence-electron chi connectivity index (χ4n) is 1.76. The van der Waals surface area contributed by atoms with E-state index in [1.54, 1.807) is 6.92 Å². The van der Waals surface area contributed by atoms with Crippen LogP contribution in [0.3, 0.4) is 0 Å². The fourth-order valence-corrected chi connectivity index (χ4v) is 1.76. The van der Waals surface area contributed by atoms with Crippen molar-refractivity contribution in [3.05, 3.63) is 15.8 Å². The molecular weight excluding hydrogens is 258 g/mol. The molecule has 1 aromatic heterocycles. The van der Waals surface area contributed by atoms with Crippen molar-refractivity contribution in [1.82, 2.24) is 9.97 Å². The van der Waals surface area contributed by atoms with Crippen LogP contribution in [0.5, 0.6) is 0 Å². The van der Waals surface area contributed by atoms with Crippen LogP contribution < -0.4 is 10.2 Å². The Labute approximate surface area is 119 Å². The molecular formula is C13H23N5O2. The van der Waals surface area contributed by atoms with Gasteiger partial charge in [-0.15, -0.1) is 0 Å². The second-order valence-electron chi connectivity index (χ2n) is 5.32. The van der Waals surface area contributed by atoms with E-state index < -0.39 is 4.92 Å². The molecule has 0 aliphatic rings. The molecule has 1 rings (SSSR count). The molecule has 0 amide bonds. The van der Waals surface area contributed by atoms with Gasteiger partial charge < -0.3 is 10.2 Å². The second-order valence-corrected chi connectivity index (χ2v) is 5.32. The average Bonchev–Trinajstić information content (AvgIpc) is 2.36. The van der Waals surface area contributed by atoms with Gasteiger partial charge in [0.15, 0.2) is 0 Å². The average molecular weight is 281 g/mol. The van der Waals surface area contributed by atoms with Crippen LogP contribution in [-0.2, 0) is 0 Å². The van der Waals surface area contributed by atoms with Crippen LogP contribution in [0.4, 0.5) is 17.5 Å². The molecule has 0 saturated heterocycles.